The number of nitrogens with zero attached hydrogens (tertiary/aromatic N) is 1. The molecule has 0 bridgehead atoms. The van der Waals surface area contributed by atoms with Gasteiger partial charge >= 0.3 is 12.1 Å². The van der Waals surface area contributed by atoms with Gasteiger partial charge in [-0.2, -0.15) is 12.6 Å². The summed E-state index contributed by atoms with van der Waals surface area (Å²) < 4.78 is 5.61. The van der Waals surface area contributed by atoms with E-state index in [2.05, 4.69) is 28.6 Å². The van der Waals surface area contributed by atoms with E-state index in [1.165, 1.54) is 17.0 Å². The third-order valence-corrected chi connectivity index (χ3v) is 8.93. The average molecular weight is 750 g/mol. The van der Waals surface area contributed by atoms with Crippen molar-refractivity contribution in [3.05, 3.63) is 102 Å². The van der Waals surface area contributed by atoms with Crippen LogP contribution in [0.4, 0.5) is 4.79 Å². The largest absolute Gasteiger partial charge is 0.508 e. The molecule has 7 N–H and O–H groups in total. The summed E-state index contributed by atoms with van der Waals surface area (Å²) in [5, 5.41) is 27.3. The fraction of sp³-hybridized carbons (Fsp3) is 0.368. The molecule has 5 unspecified atom stereocenters. The highest BCUT2D eigenvalue weighted by Crippen LogP contribution is 2.17. The number of carbonyl (C=O) groups is 6. The Bertz CT molecular complexity index is 1680. The molecule has 53 heavy (non-hydrogen) atoms. The van der Waals surface area contributed by atoms with E-state index in [-0.39, 0.29) is 43.9 Å². The Balaban J connectivity index is 1.91. The monoisotopic (exact) mass is 749 g/mol. The molecule has 5 amide bonds. The summed E-state index contributed by atoms with van der Waals surface area (Å²) in [4.78, 5) is 79.5. The van der Waals surface area contributed by atoms with E-state index in [1.807, 2.05) is 12.1 Å². The molecule has 0 heterocycles. The molecule has 0 aliphatic carbocycles. The highest BCUT2D eigenvalue weighted by molar-refractivity contribution is 7.80. The summed E-state index contributed by atoms with van der Waals surface area (Å²) in [6.45, 7) is 3.40. The van der Waals surface area contributed by atoms with E-state index in [0.717, 1.165) is 5.56 Å². The van der Waals surface area contributed by atoms with Gasteiger partial charge in [-0.3, -0.25) is 24.1 Å². The molecule has 0 aromatic heterocycles. The summed E-state index contributed by atoms with van der Waals surface area (Å²) >= 11 is 4.41. The molecule has 0 saturated carbocycles. The van der Waals surface area contributed by atoms with Crippen LogP contribution in [0.2, 0.25) is 0 Å². The van der Waals surface area contributed by atoms with Gasteiger partial charge in [0.05, 0.1) is 0 Å². The molecule has 15 heteroatoms. The highest BCUT2D eigenvalue weighted by Gasteiger charge is 2.36. The van der Waals surface area contributed by atoms with Gasteiger partial charge in [0, 0.05) is 25.1 Å². The average Bonchev–Trinajstić information content (AvgIpc) is 3.15. The molecule has 0 saturated heterocycles. The number of rotatable bonds is 20. The number of amides is 5. The van der Waals surface area contributed by atoms with Crippen molar-refractivity contribution in [1.29, 1.82) is 0 Å². The molecule has 0 fully saturated rings. The van der Waals surface area contributed by atoms with Crippen molar-refractivity contribution in [3.8, 4) is 5.75 Å². The van der Waals surface area contributed by atoms with Crippen LogP contribution in [0.1, 0.15) is 49.8 Å². The summed E-state index contributed by atoms with van der Waals surface area (Å²) in [7, 11) is 0. The third kappa shape index (κ3) is 13.5. The van der Waals surface area contributed by atoms with Crippen molar-refractivity contribution in [3.63, 3.8) is 0 Å². The summed E-state index contributed by atoms with van der Waals surface area (Å²) in [6.07, 6.45) is -1.00. The van der Waals surface area contributed by atoms with Crippen LogP contribution in [0.25, 0.3) is 0 Å². The molecule has 284 valence electrons. The van der Waals surface area contributed by atoms with Crippen LogP contribution < -0.4 is 21.7 Å². The van der Waals surface area contributed by atoms with Gasteiger partial charge < -0.3 is 36.6 Å². The lowest BCUT2D eigenvalue weighted by Crippen LogP contribution is -2.60. The fourth-order valence-electron chi connectivity index (χ4n) is 5.31. The van der Waals surface area contributed by atoms with Crippen molar-refractivity contribution in [2.45, 2.75) is 76.8 Å². The fourth-order valence-corrected chi connectivity index (χ4v) is 5.68. The number of nitrogens with one attached hydrogen (secondary N) is 3. The number of hydrogen-bond acceptors (Lipinski definition) is 9. The van der Waals surface area contributed by atoms with Gasteiger partial charge in [0.15, 0.2) is 0 Å². The summed E-state index contributed by atoms with van der Waals surface area (Å²) in [5.41, 5.74) is 7.17. The predicted octanol–water partition coefficient (Wildman–Crippen LogP) is 2.92. The van der Waals surface area contributed by atoms with Crippen LogP contribution in [0, 0.1) is 5.92 Å². The van der Waals surface area contributed by atoms with E-state index >= 15 is 0 Å². The van der Waals surface area contributed by atoms with E-state index in [4.69, 9.17) is 10.5 Å². The van der Waals surface area contributed by atoms with Gasteiger partial charge in [-0.1, -0.05) is 93.1 Å². The predicted molar refractivity (Wildman–Crippen MR) is 199 cm³/mol. The van der Waals surface area contributed by atoms with E-state index in [1.54, 1.807) is 74.5 Å². The zero-order chi connectivity index (χ0) is 38.9. The number of ether oxygens (including phenoxy) is 1. The smallest absolute Gasteiger partial charge is 0.411 e. The lowest BCUT2D eigenvalue weighted by molar-refractivity contribution is -0.143. The number of aliphatic carboxylic acids is 1. The molecule has 3 aromatic carbocycles. The first-order valence-electron chi connectivity index (χ1n) is 17.1. The van der Waals surface area contributed by atoms with Crippen LogP contribution in [-0.2, 0) is 48.3 Å². The maximum atomic E-state index is 14.1. The molecule has 0 spiro atoms. The van der Waals surface area contributed by atoms with Gasteiger partial charge in [0.1, 0.15) is 36.5 Å². The van der Waals surface area contributed by atoms with Crippen molar-refractivity contribution < 1.29 is 43.7 Å². The second kappa shape index (κ2) is 21.1. The molecule has 0 aliphatic heterocycles. The first kappa shape index (κ1) is 41.8. The lowest BCUT2D eigenvalue weighted by Gasteiger charge is -2.31. The van der Waals surface area contributed by atoms with Crippen LogP contribution in [0.15, 0.2) is 84.9 Å². The van der Waals surface area contributed by atoms with Crippen molar-refractivity contribution >= 4 is 48.3 Å². The van der Waals surface area contributed by atoms with Crippen molar-refractivity contribution in [1.82, 2.24) is 20.9 Å². The zero-order valence-corrected chi connectivity index (χ0v) is 30.5. The number of carbonyl (C=O) groups excluding carboxylic acids is 5. The van der Waals surface area contributed by atoms with E-state index in [9.17, 15) is 39.0 Å². The number of thiol groups is 1. The normalized spacial score (nSPS) is 13.6. The second-order valence-electron chi connectivity index (χ2n) is 12.6. The van der Waals surface area contributed by atoms with Gasteiger partial charge in [-0.15, -0.1) is 0 Å². The maximum absolute atomic E-state index is 14.1. The Morgan fingerprint density at radius 2 is 1.38 bits per heavy atom. The Morgan fingerprint density at radius 3 is 1.92 bits per heavy atom. The molecule has 3 aromatic rings. The minimum atomic E-state index is -1.45. The maximum Gasteiger partial charge on any atom is 0.411 e. The number of nitrogens with two attached hydrogens (primary N) is 1. The molecule has 5 atom stereocenters. The van der Waals surface area contributed by atoms with Gasteiger partial charge in [0.2, 0.25) is 23.6 Å². The third-order valence-electron chi connectivity index (χ3n) is 8.58. The first-order chi connectivity index (χ1) is 25.3. The number of primary amides is 1. The van der Waals surface area contributed by atoms with Gasteiger partial charge in [0.25, 0.3) is 0 Å². The molecule has 0 radical (unpaired) electrons. The number of benzene rings is 3. The first-order valence-corrected chi connectivity index (χ1v) is 17.8. The standard InChI is InChI=1S/C38H47N5O9S/c1-3-24(2)33(36(48)40-29(37(49)50)18-19-32(39)45)42-34(46)30(20-25-14-16-28(44)17-15-25)41-35(47)31(23-53)43(21-26-10-6-4-7-11-26)38(51)52-22-27-12-8-5-9-13-27/h4-17,24,29-31,33,44,53H,3,18-23H2,1-2H3,(H2,39,45)(H,40,48)(H,41,47)(H,42,46)(H,49,50). The molecule has 3 rings (SSSR count). The Kier molecular flexibility index (Phi) is 16.6. The number of aromatic hydroxyl groups is 1. The minimum absolute atomic E-state index is 0.0152. The van der Waals surface area contributed by atoms with E-state index in [0.29, 0.717) is 17.5 Å². The van der Waals surface area contributed by atoms with Crippen molar-refractivity contribution in [2.75, 3.05) is 5.75 Å². The minimum Gasteiger partial charge on any atom is -0.508 e. The van der Waals surface area contributed by atoms with Crippen LogP contribution >= 0.6 is 12.6 Å². The zero-order valence-electron chi connectivity index (χ0n) is 29.6. The van der Waals surface area contributed by atoms with Crippen LogP contribution in [-0.4, -0.2) is 80.7 Å². The van der Waals surface area contributed by atoms with Crippen LogP contribution in [0.3, 0.4) is 0 Å². The Hall–Kier alpha value is -5.57. The number of hydrogen-bond donors (Lipinski definition) is 7. The summed E-state index contributed by atoms with van der Waals surface area (Å²) in [5.74, 6) is -5.07. The Morgan fingerprint density at radius 1 is 0.792 bits per heavy atom. The molecule has 0 aliphatic rings. The van der Waals surface area contributed by atoms with Crippen LogP contribution in [0.5, 0.6) is 5.75 Å². The van der Waals surface area contributed by atoms with Gasteiger partial charge in [-0.25, -0.2) is 9.59 Å². The second-order valence-corrected chi connectivity index (χ2v) is 12.9. The molecule has 14 nitrogen and oxygen atoms in total. The SMILES string of the molecule is CCC(C)C(NC(=O)C(Cc1ccc(O)cc1)NC(=O)C(CS)N(Cc1ccccc1)C(=O)OCc1ccccc1)C(=O)NC(CCC(N)=O)C(=O)O. The summed E-state index contributed by atoms with van der Waals surface area (Å²) in [6, 6.07) is 18.7. The Labute approximate surface area is 313 Å². The lowest BCUT2D eigenvalue weighted by atomic mass is 9.96. The molecular formula is C38H47N5O9S. The number of carboxylic acids is 1. The number of phenolic OH excluding ortho intramolecular Hbond substituents is 1. The number of carboxylic acid groups (broad SMARTS) is 1. The highest BCUT2D eigenvalue weighted by atomic mass is 32.1. The molecular weight excluding hydrogens is 703 g/mol. The quantitative estimate of drug-likeness (QED) is 0.0844. The van der Waals surface area contributed by atoms with Crippen molar-refractivity contribution in [2.24, 2.45) is 11.7 Å². The van der Waals surface area contributed by atoms with Gasteiger partial charge in [-0.05, 0) is 41.2 Å². The number of phenols is 1. The van der Waals surface area contributed by atoms with E-state index < -0.39 is 65.8 Å². The topological polar surface area (TPSA) is 217 Å².